The summed E-state index contributed by atoms with van der Waals surface area (Å²) >= 11 is 7.12. The Hall–Kier alpha value is -1.33. The Morgan fingerprint density at radius 3 is 2.71 bits per heavy atom. The van der Waals surface area contributed by atoms with Crippen LogP contribution >= 0.6 is 23.4 Å². The first-order valence-electron chi connectivity index (χ1n) is 4.99. The van der Waals surface area contributed by atoms with Crippen LogP contribution in [0.2, 0.25) is 5.02 Å². The lowest BCUT2D eigenvalue weighted by molar-refractivity contribution is -0.118. The maximum atomic E-state index is 11.2. The van der Waals surface area contributed by atoms with Gasteiger partial charge in [-0.3, -0.25) is 4.79 Å². The Bertz CT molecular complexity index is 484. The number of carbonyl (C=O) groups is 1. The van der Waals surface area contributed by atoms with E-state index in [4.69, 9.17) is 11.6 Å². The van der Waals surface area contributed by atoms with E-state index in [1.165, 1.54) is 11.8 Å². The minimum absolute atomic E-state index is 0.0320. The number of nitrogens with zero attached hydrogens (tertiary/aromatic N) is 2. The number of rotatable bonds is 2. The Balaban J connectivity index is 2.00. The smallest absolute Gasteiger partial charge is 0.239 e. The summed E-state index contributed by atoms with van der Waals surface area (Å²) in [5.41, 5.74) is 0.904. The molecule has 1 heterocycles. The van der Waals surface area contributed by atoms with Crippen LogP contribution < -0.4 is 5.32 Å². The number of benzene rings is 1. The summed E-state index contributed by atoms with van der Waals surface area (Å²) in [6.07, 6.45) is 1.61. The van der Waals surface area contributed by atoms with Gasteiger partial charge in [0.1, 0.15) is 0 Å². The molecule has 0 bridgehead atoms. The molecule has 1 saturated heterocycles. The van der Waals surface area contributed by atoms with E-state index < -0.39 is 0 Å². The van der Waals surface area contributed by atoms with Gasteiger partial charge in [-0.2, -0.15) is 5.10 Å². The summed E-state index contributed by atoms with van der Waals surface area (Å²) < 4.78 is 0. The number of amides is 1. The lowest BCUT2D eigenvalue weighted by atomic mass is 10.2. The van der Waals surface area contributed by atoms with Crippen molar-refractivity contribution in [2.75, 3.05) is 0 Å². The highest BCUT2D eigenvalue weighted by atomic mass is 35.5. The summed E-state index contributed by atoms with van der Waals surface area (Å²) in [7, 11) is 0. The lowest BCUT2D eigenvalue weighted by Gasteiger charge is -1.92. The number of carbonyl (C=O) groups excluding carboxylic acids is 1. The van der Waals surface area contributed by atoms with Crippen LogP contribution in [0.5, 0.6) is 0 Å². The zero-order chi connectivity index (χ0) is 12.3. The number of hydrogen-bond acceptors (Lipinski definition) is 4. The van der Waals surface area contributed by atoms with E-state index >= 15 is 0 Å². The maximum Gasteiger partial charge on any atom is 0.239 e. The van der Waals surface area contributed by atoms with Gasteiger partial charge in [0.15, 0.2) is 5.17 Å². The lowest BCUT2D eigenvalue weighted by Crippen LogP contribution is -2.23. The van der Waals surface area contributed by atoms with E-state index in [-0.39, 0.29) is 11.2 Å². The molecule has 4 nitrogen and oxygen atoms in total. The second-order valence-corrected chi connectivity index (χ2v) is 5.22. The van der Waals surface area contributed by atoms with E-state index in [2.05, 4.69) is 15.5 Å². The average molecular weight is 268 g/mol. The molecule has 88 valence electrons. The topological polar surface area (TPSA) is 53.8 Å². The van der Waals surface area contributed by atoms with Crippen molar-refractivity contribution >= 4 is 40.7 Å². The molecule has 1 atom stereocenters. The first kappa shape index (κ1) is 12.1. The van der Waals surface area contributed by atoms with Crippen molar-refractivity contribution in [1.29, 1.82) is 0 Å². The van der Waals surface area contributed by atoms with Gasteiger partial charge in [0.2, 0.25) is 5.91 Å². The monoisotopic (exact) mass is 267 g/mol. The van der Waals surface area contributed by atoms with Crippen LogP contribution in [-0.2, 0) is 4.79 Å². The molecular formula is C11H10ClN3OS. The highest BCUT2D eigenvalue weighted by Gasteiger charge is 2.25. The molecule has 1 fully saturated rings. The number of amidine groups is 1. The molecule has 0 aliphatic carbocycles. The van der Waals surface area contributed by atoms with Gasteiger partial charge in [0.25, 0.3) is 0 Å². The minimum atomic E-state index is -0.0977. The molecule has 1 aliphatic rings. The van der Waals surface area contributed by atoms with Crippen molar-refractivity contribution in [3.05, 3.63) is 34.9 Å². The van der Waals surface area contributed by atoms with Crippen molar-refractivity contribution < 1.29 is 4.79 Å². The van der Waals surface area contributed by atoms with Crippen LogP contribution in [0.15, 0.2) is 34.5 Å². The van der Waals surface area contributed by atoms with E-state index in [9.17, 15) is 4.79 Å². The van der Waals surface area contributed by atoms with E-state index in [0.29, 0.717) is 10.2 Å². The standard InChI is InChI=1S/C11H10ClN3OS/c1-7-10(16)14-11(17-7)15-13-6-8-2-4-9(12)5-3-8/h2-7H,1H3,(H,14,15,16)/t7-/m1/s1. The number of halogens is 1. The van der Waals surface area contributed by atoms with Crippen LogP contribution in [-0.4, -0.2) is 22.5 Å². The number of nitrogens with one attached hydrogen (secondary N) is 1. The summed E-state index contributed by atoms with van der Waals surface area (Å²) in [6, 6.07) is 7.25. The number of thioether (sulfide) groups is 1. The third-order valence-corrected chi connectivity index (χ3v) is 3.34. The molecule has 1 aromatic carbocycles. The number of hydrogen-bond donors (Lipinski definition) is 1. The normalized spacial score (nSPS) is 22.4. The molecule has 0 radical (unpaired) electrons. The van der Waals surface area contributed by atoms with E-state index in [1.54, 1.807) is 18.3 Å². The summed E-state index contributed by atoms with van der Waals surface area (Å²) in [5, 5.41) is 11.6. The third-order valence-electron chi connectivity index (χ3n) is 2.11. The van der Waals surface area contributed by atoms with Crippen LogP contribution in [0.4, 0.5) is 0 Å². The first-order chi connectivity index (χ1) is 8.15. The second kappa shape index (κ2) is 5.33. The van der Waals surface area contributed by atoms with Gasteiger partial charge < -0.3 is 5.32 Å². The van der Waals surface area contributed by atoms with Gasteiger partial charge >= 0.3 is 0 Å². The van der Waals surface area contributed by atoms with Crippen LogP contribution in [0.1, 0.15) is 12.5 Å². The molecule has 1 aromatic rings. The molecular weight excluding hydrogens is 258 g/mol. The Morgan fingerprint density at radius 2 is 2.12 bits per heavy atom. The summed E-state index contributed by atoms with van der Waals surface area (Å²) in [6.45, 7) is 1.82. The molecule has 0 unspecified atom stereocenters. The maximum absolute atomic E-state index is 11.2. The minimum Gasteiger partial charge on any atom is -0.303 e. The van der Waals surface area contributed by atoms with Crippen molar-refractivity contribution in [3.8, 4) is 0 Å². The molecule has 6 heteroatoms. The Kier molecular flexibility index (Phi) is 3.81. The summed E-state index contributed by atoms with van der Waals surface area (Å²) in [5.74, 6) is -0.0320. The average Bonchev–Trinajstić information content (AvgIpc) is 2.61. The zero-order valence-corrected chi connectivity index (χ0v) is 10.6. The van der Waals surface area contributed by atoms with Crippen molar-refractivity contribution in [3.63, 3.8) is 0 Å². The molecule has 0 spiro atoms. The molecule has 1 aliphatic heterocycles. The molecule has 1 amide bonds. The van der Waals surface area contributed by atoms with Crippen LogP contribution in [0, 0.1) is 0 Å². The molecule has 17 heavy (non-hydrogen) atoms. The second-order valence-electron chi connectivity index (χ2n) is 3.45. The molecule has 0 saturated carbocycles. The highest BCUT2D eigenvalue weighted by molar-refractivity contribution is 8.15. The fourth-order valence-corrected chi connectivity index (χ4v) is 2.08. The quantitative estimate of drug-likeness (QED) is 0.660. The van der Waals surface area contributed by atoms with E-state index in [0.717, 1.165) is 5.56 Å². The summed E-state index contributed by atoms with van der Waals surface area (Å²) in [4.78, 5) is 11.2. The predicted octanol–water partition coefficient (Wildman–Crippen LogP) is 2.28. The predicted molar refractivity (Wildman–Crippen MR) is 71.7 cm³/mol. The van der Waals surface area contributed by atoms with Crippen molar-refractivity contribution in [2.24, 2.45) is 10.2 Å². The Morgan fingerprint density at radius 1 is 1.41 bits per heavy atom. The zero-order valence-electron chi connectivity index (χ0n) is 9.05. The van der Waals surface area contributed by atoms with Gasteiger partial charge in [-0.25, -0.2) is 0 Å². The highest BCUT2D eigenvalue weighted by Crippen LogP contribution is 2.18. The molecule has 1 N–H and O–H groups in total. The van der Waals surface area contributed by atoms with Crippen LogP contribution in [0.3, 0.4) is 0 Å². The molecule has 0 aromatic heterocycles. The Labute approximate surface area is 108 Å². The largest absolute Gasteiger partial charge is 0.303 e. The fraction of sp³-hybridized carbons (Fsp3) is 0.182. The SMILES string of the molecule is C[C@H]1S/C(=N/N=Cc2ccc(Cl)cc2)NC1=O. The van der Waals surface area contributed by atoms with Gasteiger partial charge in [0, 0.05) is 5.02 Å². The fourth-order valence-electron chi connectivity index (χ4n) is 1.20. The van der Waals surface area contributed by atoms with E-state index in [1.807, 2.05) is 19.1 Å². The van der Waals surface area contributed by atoms with Gasteiger partial charge in [0.05, 0.1) is 11.5 Å². The van der Waals surface area contributed by atoms with Crippen molar-refractivity contribution in [1.82, 2.24) is 5.32 Å². The van der Waals surface area contributed by atoms with Crippen LogP contribution in [0.25, 0.3) is 0 Å². The van der Waals surface area contributed by atoms with Gasteiger partial charge in [-0.1, -0.05) is 35.5 Å². The third kappa shape index (κ3) is 3.31. The van der Waals surface area contributed by atoms with Gasteiger partial charge in [-0.15, -0.1) is 5.10 Å². The van der Waals surface area contributed by atoms with Gasteiger partial charge in [-0.05, 0) is 24.6 Å². The van der Waals surface area contributed by atoms with Crippen molar-refractivity contribution in [2.45, 2.75) is 12.2 Å². The first-order valence-corrected chi connectivity index (χ1v) is 6.25. The molecule has 2 rings (SSSR count).